The molecule has 0 spiro atoms. The highest BCUT2D eigenvalue weighted by Crippen LogP contribution is 2.13. The first-order chi connectivity index (χ1) is 12.6. The van der Waals surface area contributed by atoms with Crippen LogP contribution in [0.15, 0.2) is 60.7 Å². The fourth-order valence-electron chi connectivity index (χ4n) is 2.18. The fraction of sp³-hybridized carbons (Fsp3) is 0.211. The van der Waals surface area contributed by atoms with Crippen molar-refractivity contribution in [3.63, 3.8) is 0 Å². The van der Waals surface area contributed by atoms with E-state index in [4.69, 9.17) is 9.47 Å². The van der Waals surface area contributed by atoms with Crippen molar-refractivity contribution in [2.75, 3.05) is 13.7 Å². The molecule has 136 valence electrons. The van der Waals surface area contributed by atoms with Crippen LogP contribution in [-0.2, 0) is 25.7 Å². The summed E-state index contributed by atoms with van der Waals surface area (Å²) >= 11 is 0. The molecule has 0 saturated heterocycles. The number of carbonyl (C=O) groups excluding carboxylic acids is 3. The summed E-state index contributed by atoms with van der Waals surface area (Å²) in [6, 6.07) is 16.9. The van der Waals surface area contributed by atoms with Gasteiger partial charge in [-0.2, -0.15) is 0 Å². The minimum atomic E-state index is -0.948. The van der Waals surface area contributed by atoms with Gasteiger partial charge in [-0.25, -0.2) is 9.59 Å². The molecule has 0 heterocycles. The van der Waals surface area contributed by atoms with Crippen LogP contribution in [0.2, 0.25) is 0 Å². The van der Waals surface area contributed by atoms with E-state index in [-0.39, 0.29) is 13.2 Å². The van der Waals surface area contributed by atoms with Crippen LogP contribution in [-0.4, -0.2) is 31.6 Å². The normalized spacial score (nSPS) is 11.1. The number of methoxy groups -OCH3 is 1. The van der Waals surface area contributed by atoms with Gasteiger partial charge in [-0.05, 0) is 11.1 Å². The number of hydrogen-bond acceptors (Lipinski definition) is 5. The quantitative estimate of drug-likeness (QED) is 0.740. The molecule has 2 amide bonds. The Labute approximate surface area is 151 Å². The summed E-state index contributed by atoms with van der Waals surface area (Å²) in [6.45, 7) is -0.225. The zero-order chi connectivity index (χ0) is 18.8. The maximum atomic E-state index is 12.0. The van der Waals surface area contributed by atoms with Gasteiger partial charge in [0, 0.05) is 0 Å². The second kappa shape index (κ2) is 9.83. The molecule has 2 aromatic rings. The summed E-state index contributed by atoms with van der Waals surface area (Å²) in [7, 11) is 1.24. The molecule has 0 aromatic heterocycles. The lowest BCUT2D eigenvalue weighted by molar-refractivity contribution is -0.145. The van der Waals surface area contributed by atoms with E-state index in [1.54, 1.807) is 30.3 Å². The highest BCUT2D eigenvalue weighted by molar-refractivity contribution is 5.87. The molecule has 0 radical (unpaired) electrons. The van der Waals surface area contributed by atoms with Crippen molar-refractivity contribution in [2.45, 2.75) is 12.6 Å². The van der Waals surface area contributed by atoms with Crippen LogP contribution in [0.1, 0.15) is 17.2 Å². The van der Waals surface area contributed by atoms with Crippen molar-refractivity contribution in [3.8, 4) is 0 Å². The Morgan fingerprint density at radius 1 is 0.962 bits per heavy atom. The van der Waals surface area contributed by atoms with Crippen LogP contribution in [0, 0.1) is 0 Å². The second-order valence-electron chi connectivity index (χ2n) is 5.35. The van der Waals surface area contributed by atoms with Crippen LogP contribution >= 0.6 is 0 Å². The van der Waals surface area contributed by atoms with Crippen LogP contribution in [0.5, 0.6) is 0 Å². The zero-order valence-electron chi connectivity index (χ0n) is 14.3. The molecule has 2 N–H and O–H groups in total. The van der Waals surface area contributed by atoms with Gasteiger partial charge < -0.3 is 20.1 Å². The second-order valence-corrected chi connectivity index (χ2v) is 5.35. The van der Waals surface area contributed by atoms with E-state index in [2.05, 4.69) is 10.6 Å². The number of alkyl carbamates (subject to hydrolysis) is 1. The lowest BCUT2D eigenvalue weighted by Crippen LogP contribution is -2.41. The maximum absolute atomic E-state index is 12.0. The van der Waals surface area contributed by atoms with E-state index in [9.17, 15) is 14.4 Å². The molecule has 0 aliphatic rings. The Kier molecular flexibility index (Phi) is 7.17. The van der Waals surface area contributed by atoms with Crippen molar-refractivity contribution in [2.24, 2.45) is 0 Å². The third kappa shape index (κ3) is 5.94. The molecule has 0 fully saturated rings. The summed E-state index contributed by atoms with van der Waals surface area (Å²) in [5.41, 5.74) is 1.42. The summed E-state index contributed by atoms with van der Waals surface area (Å²) in [6.07, 6.45) is -0.724. The minimum Gasteiger partial charge on any atom is -0.467 e. The van der Waals surface area contributed by atoms with E-state index in [1.807, 2.05) is 30.3 Å². The Morgan fingerprint density at radius 2 is 1.58 bits per heavy atom. The number of nitrogens with one attached hydrogen (secondary N) is 2. The minimum absolute atomic E-state index is 0.100. The molecule has 1 atom stereocenters. The number of amides is 2. The topological polar surface area (TPSA) is 93.7 Å². The van der Waals surface area contributed by atoms with Crippen molar-refractivity contribution in [1.82, 2.24) is 10.6 Å². The van der Waals surface area contributed by atoms with Gasteiger partial charge in [-0.15, -0.1) is 0 Å². The van der Waals surface area contributed by atoms with Crippen LogP contribution < -0.4 is 10.6 Å². The molecule has 2 rings (SSSR count). The van der Waals surface area contributed by atoms with Crippen LogP contribution in [0.25, 0.3) is 0 Å². The van der Waals surface area contributed by atoms with E-state index in [0.29, 0.717) is 5.56 Å². The Balaban J connectivity index is 1.82. The third-order valence-electron chi connectivity index (χ3n) is 3.48. The molecular weight excluding hydrogens is 336 g/mol. The fourth-order valence-corrected chi connectivity index (χ4v) is 2.18. The number of carbonyl (C=O) groups is 3. The third-order valence-corrected chi connectivity index (χ3v) is 3.48. The van der Waals surface area contributed by atoms with E-state index in [1.165, 1.54) is 7.11 Å². The highest BCUT2D eigenvalue weighted by Gasteiger charge is 2.23. The first-order valence-corrected chi connectivity index (χ1v) is 7.97. The first-order valence-electron chi connectivity index (χ1n) is 7.97. The highest BCUT2D eigenvalue weighted by atomic mass is 16.5. The monoisotopic (exact) mass is 356 g/mol. The number of hydrogen-bond donors (Lipinski definition) is 2. The SMILES string of the molecule is COC(=O)[C@@H](NC(=O)CNC(=O)OCc1ccccc1)c1ccccc1. The van der Waals surface area contributed by atoms with E-state index >= 15 is 0 Å². The lowest BCUT2D eigenvalue weighted by Gasteiger charge is -2.17. The molecule has 0 aliphatic heterocycles. The van der Waals surface area contributed by atoms with Crippen molar-refractivity contribution in [1.29, 1.82) is 0 Å². The summed E-state index contributed by atoms with van der Waals surface area (Å²) in [4.78, 5) is 35.6. The molecular formula is C19H20N2O5. The molecule has 7 heteroatoms. The predicted molar refractivity (Wildman–Crippen MR) is 94.0 cm³/mol. The van der Waals surface area contributed by atoms with Crippen molar-refractivity contribution in [3.05, 3.63) is 71.8 Å². The standard InChI is InChI=1S/C19H20N2O5/c1-25-18(23)17(15-10-6-3-7-11-15)21-16(22)12-20-19(24)26-13-14-8-4-2-5-9-14/h2-11,17H,12-13H2,1H3,(H,20,24)(H,21,22)/t17-/m0/s1. The predicted octanol–water partition coefficient (Wildman–Crippen LogP) is 1.94. The molecule has 2 aromatic carbocycles. The molecule has 0 bridgehead atoms. The molecule has 0 saturated carbocycles. The Hall–Kier alpha value is -3.35. The van der Waals surface area contributed by atoms with E-state index < -0.39 is 24.0 Å². The van der Waals surface area contributed by atoms with Gasteiger partial charge in [0.05, 0.1) is 7.11 Å². The van der Waals surface area contributed by atoms with Gasteiger partial charge in [0.15, 0.2) is 6.04 Å². The number of esters is 1. The number of rotatable bonds is 7. The smallest absolute Gasteiger partial charge is 0.407 e. The lowest BCUT2D eigenvalue weighted by atomic mass is 10.1. The molecule has 0 unspecified atom stereocenters. The maximum Gasteiger partial charge on any atom is 0.407 e. The van der Waals surface area contributed by atoms with Gasteiger partial charge in [-0.3, -0.25) is 4.79 Å². The average molecular weight is 356 g/mol. The van der Waals surface area contributed by atoms with Crippen LogP contribution in [0.3, 0.4) is 0 Å². The summed E-state index contributed by atoms with van der Waals surface area (Å²) in [5, 5.41) is 4.87. The van der Waals surface area contributed by atoms with Crippen molar-refractivity contribution < 1.29 is 23.9 Å². The van der Waals surface area contributed by atoms with Crippen molar-refractivity contribution >= 4 is 18.0 Å². The van der Waals surface area contributed by atoms with Gasteiger partial charge in [0.25, 0.3) is 0 Å². The Bertz CT molecular complexity index is 734. The zero-order valence-corrected chi connectivity index (χ0v) is 14.3. The number of benzene rings is 2. The first kappa shape index (κ1) is 19.0. The van der Waals surface area contributed by atoms with Crippen LogP contribution in [0.4, 0.5) is 4.79 Å². The van der Waals surface area contributed by atoms with Gasteiger partial charge in [0.2, 0.25) is 5.91 Å². The molecule has 0 aliphatic carbocycles. The summed E-state index contributed by atoms with van der Waals surface area (Å²) < 4.78 is 9.73. The van der Waals surface area contributed by atoms with Gasteiger partial charge >= 0.3 is 12.1 Å². The van der Waals surface area contributed by atoms with Gasteiger partial charge in [-0.1, -0.05) is 60.7 Å². The average Bonchev–Trinajstić information content (AvgIpc) is 2.69. The van der Waals surface area contributed by atoms with Gasteiger partial charge in [0.1, 0.15) is 13.2 Å². The summed E-state index contributed by atoms with van der Waals surface area (Å²) in [5.74, 6) is -1.14. The molecule has 26 heavy (non-hydrogen) atoms. The number of ether oxygens (including phenoxy) is 2. The molecule has 7 nitrogen and oxygen atoms in total. The van der Waals surface area contributed by atoms with E-state index in [0.717, 1.165) is 5.56 Å². The largest absolute Gasteiger partial charge is 0.467 e. The Morgan fingerprint density at radius 3 is 2.19 bits per heavy atom.